The average molecular weight is 300 g/mol. The largest absolute Gasteiger partial charge is 0.460 e. The molecule has 1 unspecified atom stereocenters. The normalized spacial score (nSPS) is 19.9. The topological polar surface area (TPSA) is 47.6 Å². The minimum Gasteiger partial charge on any atom is -0.460 e. The van der Waals surface area contributed by atoms with Gasteiger partial charge < -0.3 is 14.8 Å². The number of hydrogen-bond acceptors (Lipinski definition) is 4. The Hall–Kier alpha value is -0.910. The van der Waals surface area contributed by atoms with Crippen LogP contribution in [0.15, 0.2) is 28.7 Å². The molecule has 0 spiro atoms. The van der Waals surface area contributed by atoms with E-state index in [9.17, 15) is 4.79 Å². The van der Waals surface area contributed by atoms with Crippen LogP contribution in [0.4, 0.5) is 0 Å². The van der Waals surface area contributed by atoms with Crippen LogP contribution in [0.3, 0.4) is 0 Å². The third kappa shape index (κ3) is 3.80. The van der Waals surface area contributed by atoms with Crippen molar-refractivity contribution in [3.63, 3.8) is 0 Å². The van der Waals surface area contributed by atoms with Gasteiger partial charge in [-0.2, -0.15) is 0 Å². The van der Waals surface area contributed by atoms with Crippen molar-refractivity contribution in [3.05, 3.63) is 34.3 Å². The number of hydrogen-bond donors (Lipinski definition) is 1. The lowest BCUT2D eigenvalue weighted by atomic mass is 10.2. The molecule has 1 aromatic carbocycles. The van der Waals surface area contributed by atoms with Gasteiger partial charge >= 0.3 is 5.97 Å². The molecule has 1 heterocycles. The smallest absolute Gasteiger partial charge is 0.325 e. The van der Waals surface area contributed by atoms with Crippen LogP contribution in [0, 0.1) is 0 Å². The first-order valence-electron chi connectivity index (χ1n) is 5.48. The molecule has 1 aliphatic heterocycles. The molecular weight excluding hydrogens is 286 g/mol. The number of carbonyl (C=O) groups excluding carboxylic acids is 1. The molecule has 5 heteroatoms. The van der Waals surface area contributed by atoms with Gasteiger partial charge in [0.2, 0.25) is 0 Å². The second-order valence-electron chi connectivity index (χ2n) is 3.82. The number of ether oxygens (including phenoxy) is 2. The zero-order valence-electron chi connectivity index (χ0n) is 9.32. The molecule has 1 atom stereocenters. The van der Waals surface area contributed by atoms with E-state index in [2.05, 4.69) is 21.2 Å². The summed E-state index contributed by atoms with van der Waals surface area (Å²) in [6.45, 7) is 2.01. The summed E-state index contributed by atoms with van der Waals surface area (Å²) in [7, 11) is 0. The SMILES string of the molecule is O=C(OCc1cccc(Br)c1)C1COCCN1. The lowest BCUT2D eigenvalue weighted by Crippen LogP contribution is -2.47. The summed E-state index contributed by atoms with van der Waals surface area (Å²) in [5.74, 6) is -0.260. The summed E-state index contributed by atoms with van der Waals surface area (Å²) in [6.07, 6.45) is 0. The molecule has 2 rings (SSSR count). The highest BCUT2D eigenvalue weighted by Gasteiger charge is 2.22. The Morgan fingerprint density at radius 3 is 3.18 bits per heavy atom. The summed E-state index contributed by atoms with van der Waals surface area (Å²) >= 11 is 3.37. The second-order valence-corrected chi connectivity index (χ2v) is 4.73. The van der Waals surface area contributed by atoms with E-state index in [1.54, 1.807) is 0 Å². The molecule has 1 N–H and O–H groups in total. The summed E-state index contributed by atoms with van der Waals surface area (Å²) in [5.41, 5.74) is 0.962. The third-order valence-electron chi connectivity index (χ3n) is 2.48. The first-order valence-corrected chi connectivity index (χ1v) is 6.27. The molecule has 1 aromatic rings. The summed E-state index contributed by atoms with van der Waals surface area (Å²) in [6, 6.07) is 7.36. The maximum Gasteiger partial charge on any atom is 0.325 e. The molecular formula is C12H14BrNO3. The van der Waals surface area contributed by atoms with Crippen LogP contribution in [0.2, 0.25) is 0 Å². The fourth-order valence-electron chi connectivity index (χ4n) is 1.60. The second kappa shape index (κ2) is 6.14. The molecule has 17 heavy (non-hydrogen) atoms. The fourth-order valence-corrected chi connectivity index (χ4v) is 2.05. The number of benzene rings is 1. The van der Waals surface area contributed by atoms with E-state index in [4.69, 9.17) is 9.47 Å². The van der Waals surface area contributed by atoms with Gasteiger partial charge in [0.1, 0.15) is 12.6 Å². The third-order valence-corrected chi connectivity index (χ3v) is 2.97. The number of nitrogens with one attached hydrogen (secondary N) is 1. The first-order chi connectivity index (χ1) is 8.25. The van der Waals surface area contributed by atoms with Gasteiger partial charge in [0.05, 0.1) is 13.2 Å². The van der Waals surface area contributed by atoms with Gasteiger partial charge in [0.15, 0.2) is 0 Å². The lowest BCUT2D eigenvalue weighted by Gasteiger charge is -2.22. The number of rotatable bonds is 3. The van der Waals surface area contributed by atoms with Gasteiger partial charge in [0, 0.05) is 11.0 Å². The predicted octanol–water partition coefficient (Wildman–Crippen LogP) is 1.48. The Bertz CT molecular complexity index is 391. The minimum absolute atomic E-state index is 0.260. The van der Waals surface area contributed by atoms with Crippen molar-refractivity contribution < 1.29 is 14.3 Å². The van der Waals surface area contributed by atoms with Crippen molar-refractivity contribution >= 4 is 21.9 Å². The van der Waals surface area contributed by atoms with E-state index in [0.717, 1.165) is 10.0 Å². The van der Waals surface area contributed by atoms with Crippen LogP contribution < -0.4 is 5.32 Å². The monoisotopic (exact) mass is 299 g/mol. The molecule has 4 nitrogen and oxygen atoms in total. The van der Waals surface area contributed by atoms with Gasteiger partial charge in [0.25, 0.3) is 0 Å². The van der Waals surface area contributed by atoms with E-state index in [-0.39, 0.29) is 18.6 Å². The van der Waals surface area contributed by atoms with Crippen molar-refractivity contribution in [2.24, 2.45) is 0 Å². The van der Waals surface area contributed by atoms with Gasteiger partial charge in [-0.15, -0.1) is 0 Å². The van der Waals surface area contributed by atoms with E-state index in [1.165, 1.54) is 0 Å². The first kappa shape index (κ1) is 12.5. The summed E-state index contributed by atoms with van der Waals surface area (Å²) < 4.78 is 11.4. The Labute approximate surface area is 108 Å². The van der Waals surface area contributed by atoms with Crippen molar-refractivity contribution in [2.75, 3.05) is 19.8 Å². The van der Waals surface area contributed by atoms with Gasteiger partial charge in [-0.05, 0) is 17.7 Å². The van der Waals surface area contributed by atoms with E-state index < -0.39 is 0 Å². The standard InChI is InChI=1S/C12H14BrNO3/c13-10-3-1-2-9(6-10)7-17-12(15)11-8-16-5-4-14-11/h1-3,6,11,14H,4-5,7-8H2. The lowest BCUT2D eigenvalue weighted by molar-refractivity contribution is -0.150. The van der Waals surface area contributed by atoms with E-state index >= 15 is 0 Å². The molecule has 0 radical (unpaired) electrons. The van der Waals surface area contributed by atoms with Crippen LogP contribution in [-0.4, -0.2) is 31.8 Å². The summed E-state index contributed by atoms with van der Waals surface area (Å²) in [5, 5.41) is 3.06. The Morgan fingerprint density at radius 1 is 1.59 bits per heavy atom. The molecule has 0 saturated carbocycles. The Morgan fingerprint density at radius 2 is 2.47 bits per heavy atom. The van der Waals surface area contributed by atoms with Crippen molar-refractivity contribution in [1.29, 1.82) is 0 Å². The molecule has 1 fully saturated rings. The van der Waals surface area contributed by atoms with E-state index in [1.807, 2.05) is 24.3 Å². The zero-order valence-corrected chi connectivity index (χ0v) is 10.9. The number of carbonyl (C=O) groups is 1. The maximum absolute atomic E-state index is 11.7. The van der Waals surface area contributed by atoms with Crippen molar-refractivity contribution in [2.45, 2.75) is 12.6 Å². The zero-order chi connectivity index (χ0) is 12.1. The Balaban J connectivity index is 1.83. The maximum atomic E-state index is 11.7. The van der Waals surface area contributed by atoms with Crippen LogP contribution >= 0.6 is 15.9 Å². The number of halogens is 1. The molecule has 0 aromatic heterocycles. The molecule has 92 valence electrons. The number of esters is 1. The van der Waals surface area contributed by atoms with Crippen LogP contribution in [0.5, 0.6) is 0 Å². The molecule has 0 aliphatic carbocycles. The van der Waals surface area contributed by atoms with Crippen molar-refractivity contribution in [3.8, 4) is 0 Å². The minimum atomic E-state index is -0.337. The quantitative estimate of drug-likeness (QED) is 0.859. The average Bonchev–Trinajstić information content (AvgIpc) is 2.37. The predicted molar refractivity (Wildman–Crippen MR) is 66.5 cm³/mol. The fraction of sp³-hybridized carbons (Fsp3) is 0.417. The Kier molecular flexibility index (Phi) is 4.53. The van der Waals surface area contributed by atoms with Gasteiger partial charge in [-0.25, -0.2) is 0 Å². The molecule has 1 saturated heterocycles. The van der Waals surface area contributed by atoms with Crippen LogP contribution in [0.25, 0.3) is 0 Å². The highest BCUT2D eigenvalue weighted by molar-refractivity contribution is 9.10. The highest BCUT2D eigenvalue weighted by atomic mass is 79.9. The van der Waals surface area contributed by atoms with Gasteiger partial charge in [-0.1, -0.05) is 28.1 Å². The summed E-state index contributed by atoms with van der Waals surface area (Å²) in [4.78, 5) is 11.7. The van der Waals surface area contributed by atoms with Gasteiger partial charge in [-0.3, -0.25) is 4.79 Å². The van der Waals surface area contributed by atoms with E-state index in [0.29, 0.717) is 19.8 Å². The molecule has 1 aliphatic rings. The molecule has 0 bridgehead atoms. The number of morpholine rings is 1. The van der Waals surface area contributed by atoms with Crippen molar-refractivity contribution in [1.82, 2.24) is 5.32 Å². The van der Waals surface area contributed by atoms with Crippen LogP contribution in [-0.2, 0) is 20.9 Å². The van der Waals surface area contributed by atoms with Crippen LogP contribution in [0.1, 0.15) is 5.56 Å². The highest BCUT2D eigenvalue weighted by Crippen LogP contribution is 2.12. The molecule has 0 amide bonds.